The van der Waals surface area contributed by atoms with Crippen LogP contribution in [0.4, 0.5) is 0 Å². The van der Waals surface area contributed by atoms with Crippen molar-refractivity contribution in [3.63, 3.8) is 0 Å². The molecule has 0 aromatic heterocycles. The van der Waals surface area contributed by atoms with Gasteiger partial charge in [-0.2, -0.15) is 0 Å². The SMILES string of the molecule is CC(C)=CC/C=C(/C)[C@H]1CC[C@]2(C)[C@@H]1CC[C@@H]1[C@@]3(C)C/C(=C/c4ccc(Br)cc4)C(=O)C(C)(C)[C@@H]3CC[C@]12C. The van der Waals surface area contributed by atoms with E-state index in [1.165, 1.54) is 44.1 Å². The van der Waals surface area contributed by atoms with Gasteiger partial charge in [0.1, 0.15) is 0 Å². The van der Waals surface area contributed by atoms with E-state index in [0.29, 0.717) is 28.4 Å². The average molecular weight is 592 g/mol. The normalized spacial score (nSPS) is 40.6. The van der Waals surface area contributed by atoms with E-state index < -0.39 is 0 Å². The van der Waals surface area contributed by atoms with E-state index in [0.717, 1.165) is 40.3 Å². The first kappa shape index (κ1) is 29.1. The van der Waals surface area contributed by atoms with Gasteiger partial charge in [0.15, 0.2) is 5.78 Å². The lowest BCUT2D eigenvalue weighted by atomic mass is 9.35. The third kappa shape index (κ3) is 4.60. The van der Waals surface area contributed by atoms with Crippen LogP contribution in [-0.4, -0.2) is 5.78 Å². The molecular weight excluding hydrogens is 540 g/mol. The highest BCUT2D eigenvalue weighted by Gasteiger charge is 2.69. The molecule has 0 bridgehead atoms. The summed E-state index contributed by atoms with van der Waals surface area (Å²) in [5, 5.41) is 0. The Kier molecular flexibility index (Phi) is 7.57. The van der Waals surface area contributed by atoms with Gasteiger partial charge >= 0.3 is 0 Å². The summed E-state index contributed by atoms with van der Waals surface area (Å²) in [6.45, 7) is 19.3. The minimum absolute atomic E-state index is 0.159. The van der Waals surface area contributed by atoms with Crippen LogP contribution in [0.2, 0.25) is 0 Å². The van der Waals surface area contributed by atoms with Gasteiger partial charge in [0, 0.05) is 9.89 Å². The molecule has 1 aromatic carbocycles. The van der Waals surface area contributed by atoms with Crippen molar-refractivity contribution < 1.29 is 4.79 Å². The van der Waals surface area contributed by atoms with E-state index in [1.807, 2.05) is 0 Å². The minimum Gasteiger partial charge on any atom is -0.294 e. The van der Waals surface area contributed by atoms with Crippen LogP contribution in [-0.2, 0) is 4.79 Å². The van der Waals surface area contributed by atoms with Crippen LogP contribution >= 0.6 is 15.9 Å². The third-order valence-corrected chi connectivity index (χ3v) is 13.3. The predicted molar refractivity (Wildman–Crippen MR) is 169 cm³/mol. The topological polar surface area (TPSA) is 17.1 Å². The smallest absolute Gasteiger partial charge is 0.164 e. The summed E-state index contributed by atoms with van der Waals surface area (Å²) in [4.78, 5) is 14.0. The molecule has 1 aromatic rings. The number of allylic oxidation sites excluding steroid dienone is 5. The molecule has 4 saturated carbocycles. The molecule has 4 aliphatic carbocycles. The quantitative estimate of drug-likeness (QED) is 0.251. The number of carbonyl (C=O) groups excluding carboxylic acids is 1. The molecule has 1 nitrogen and oxygen atoms in total. The number of benzene rings is 1. The van der Waals surface area contributed by atoms with Crippen molar-refractivity contribution in [2.45, 2.75) is 107 Å². The van der Waals surface area contributed by atoms with Gasteiger partial charge in [-0.25, -0.2) is 0 Å². The number of fused-ring (bicyclic) bond motifs is 5. The van der Waals surface area contributed by atoms with Crippen LogP contribution in [0, 0.1) is 45.3 Å². The van der Waals surface area contributed by atoms with Gasteiger partial charge in [0.05, 0.1) is 0 Å². The fourth-order valence-electron chi connectivity index (χ4n) is 10.7. The lowest BCUT2D eigenvalue weighted by Gasteiger charge is -2.69. The Hall–Kier alpha value is -1.41. The average Bonchev–Trinajstić information content (AvgIpc) is 3.22. The summed E-state index contributed by atoms with van der Waals surface area (Å²) in [5.74, 6) is 3.04. The minimum atomic E-state index is -0.310. The van der Waals surface area contributed by atoms with Crippen molar-refractivity contribution >= 4 is 27.8 Å². The van der Waals surface area contributed by atoms with Gasteiger partial charge in [-0.05, 0) is 141 Å². The van der Waals surface area contributed by atoms with Crippen LogP contribution in [0.1, 0.15) is 112 Å². The van der Waals surface area contributed by atoms with Gasteiger partial charge < -0.3 is 0 Å². The molecule has 4 fully saturated rings. The molecular formula is C37H51BrO. The number of carbonyl (C=O) groups is 1. The molecule has 0 unspecified atom stereocenters. The molecule has 39 heavy (non-hydrogen) atoms. The number of ketones is 1. The number of rotatable bonds is 4. The van der Waals surface area contributed by atoms with Crippen molar-refractivity contribution in [3.8, 4) is 0 Å². The first-order valence-electron chi connectivity index (χ1n) is 15.5. The fraction of sp³-hybridized carbons (Fsp3) is 0.649. The first-order chi connectivity index (χ1) is 18.2. The van der Waals surface area contributed by atoms with Crippen LogP contribution < -0.4 is 0 Å². The molecule has 4 aliphatic rings. The molecule has 2 heteroatoms. The van der Waals surface area contributed by atoms with Gasteiger partial charge in [-0.1, -0.05) is 86.0 Å². The second kappa shape index (κ2) is 10.1. The summed E-state index contributed by atoms with van der Waals surface area (Å²) in [6.07, 6.45) is 16.9. The molecule has 0 amide bonds. The number of hydrogen-bond donors (Lipinski definition) is 0. The Morgan fingerprint density at radius 3 is 2.21 bits per heavy atom. The molecule has 0 N–H and O–H groups in total. The Morgan fingerprint density at radius 1 is 0.872 bits per heavy atom. The van der Waals surface area contributed by atoms with Gasteiger partial charge in [0.2, 0.25) is 0 Å². The molecule has 5 rings (SSSR count). The monoisotopic (exact) mass is 590 g/mol. The summed E-state index contributed by atoms with van der Waals surface area (Å²) in [6, 6.07) is 8.44. The Morgan fingerprint density at radius 2 is 1.54 bits per heavy atom. The summed E-state index contributed by atoms with van der Waals surface area (Å²) in [5.41, 5.74) is 5.80. The lowest BCUT2D eigenvalue weighted by Crippen LogP contribution is -2.63. The molecule has 0 heterocycles. The molecule has 0 aliphatic heterocycles. The maximum Gasteiger partial charge on any atom is 0.164 e. The summed E-state index contributed by atoms with van der Waals surface area (Å²) in [7, 11) is 0. The zero-order valence-electron chi connectivity index (χ0n) is 25.8. The lowest BCUT2D eigenvalue weighted by molar-refractivity contribution is -0.195. The van der Waals surface area contributed by atoms with Crippen molar-refractivity contribution in [1.29, 1.82) is 0 Å². The van der Waals surface area contributed by atoms with Crippen molar-refractivity contribution in [3.05, 3.63) is 63.2 Å². The van der Waals surface area contributed by atoms with E-state index in [1.54, 1.807) is 5.57 Å². The highest BCUT2D eigenvalue weighted by molar-refractivity contribution is 9.10. The van der Waals surface area contributed by atoms with E-state index in [4.69, 9.17) is 0 Å². The number of hydrogen-bond acceptors (Lipinski definition) is 1. The van der Waals surface area contributed by atoms with Crippen LogP contribution in [0.15, 0.2) is 57.6 Å². The second-order valence-corrected chi connectivity index (χ2v) is 16.1. The zero-order valence-corrected chi connectivity index (χ0v) is 27.4. The molecule has 212 valence electrons. The van der Waals surface area contributed by atoms with Crippen molar-refractivity contribution in [2.24, 2.45) is 45.3 Å². The molecule has 0 radical (unpaired) electrons. The van der Waals surface area contributed by atoms with Gasteiger partial charge in [-0.15, -0.1) is 0 Å². The number of halogens is 1. The van der Waals surface area contributed by atoms with Gasteiger partial charge in [-0.3, -0.25) is 4.79 Å². The van der Waals surface area contributed by atoms with Crippen molar-refractivity contribution in [2.75, 3.05) is 0 Å². The zero-order chi connectivity index (χ0) is 28.4. The Balaban J connectivity index is 1.48. The van der Waals surface area contributed by atoms with E-state index >= 15 is 0 Å². The molecule has 0 saturated heterocycles. The van der Waals surface area contributed by atoms with Gasteiger partial charge in [0.25, 0.3) is 0 Å². The second-order valence-electron chi connectivity index (χ2n) is 15.2. The van der Waals surface area contributed by atoms with E-state index in [9.17, 15) is 4.79 Å². The maximum absolute atomic E-state index is 14.0. The van der Waals surface area contributed by atoms with Crippen LogP contribution in [0.25, 0.3) is 6.08 Å². The predicted octanol–water partition coefficient (Wildman–Crippen LogP) is 11.0. The standard InChI is InChI=1S/C37H51BrO/c1-24(2)10-9-11-25(3)29-18-20-36(7)30(29)16-17-32-35(6)23-27(22-26-12-14-28(38)15-13-26)33(39)34(4,5)31(35)19-21-37(32,36)8/h10-15,22,29-32H,9,16-21,23H2,1-8H3/b25-11-,27-22-/t29-,30-,31+,32-,35+,36-,37-/m1/s1. The van der Waals surface area contributed by atoms with E-state index in [2.05, 4.69) is 114 Å². The van der Waals surface area contributed by atoms with Crippen molar-refractivity contribution in [1.82, 2.24) is 0 Å². The number of Topliss-reactive ketones (excluding diaryl/α,β-unsaturated/α-hetero) is 1. The first-order valence-corrected chi connectivity index (χ1v) is 16.3. The van der Waals surface area contributed by atoms with Crippen LogP contribution in [0.5, 0.6) is 0 Å². The largest absolute Gasteiger partial charge is 0.294 e. The fourth-order valence-corrected chi connectivity index (χ4v) is 10.9. The van der Waals surface area contributed by atoms with Crippen LogP contribution in [0.3, 0.4) is 0 Å². The maximum atomic E-state index is 14.0. The molecule has 7 atom stereocenters. The van der Waals surface area contributed by atoms with E-state index in [-0.39, 0.29) is 10.8 Å². The summed E-state index contributed by atoms with van der Waals surface area (Å²) >= 11 is 3.56. The Labute approximate surface area is 247 Å². The summed E-state index contributed by atoms with van der Waals surface area (Å²) < 4.78 is 1.08. The molecule has 0 spiro atoms. The highest BCUT2D eigenvalue weighted by Crippen LogP contribution is 2.75. The third-order valence-electron chi connectivity index (χ3n) is 12.7. The Bertz CT molecular complexity index is 1210. The highest BCUT2D eigenvalue weighted by atomic mass is 79.9.